The number of ether oxygens (including phenoxy) is 1. The van der Waals surface area contributed by atoms with Gasteiger partial charge in [-0.05, 0) is 49.6 Å². The smallest absolute Gasteiger partial charge is 0.253 e. The summed E-state index contributed by atoms with van der Waals surface area (Å²) in [5.74, 6) is 0.574. The van der Waals surface area contributed by atoms with E-state index in [9.17, 15) is 9.59 Å². The minimum atomic E-state index is -0.180. The molecule has 3 rings (SSSR count). The molecule has 1 fully saturated rings. The first-order valence-electron chi connectivity index (χ1n) is 9.23. The zero-order valence-corrected chi connectivity index (χ0v) is 15.5. The Bertz CT molecular complexity index is 801. The van der Waals surface area contributed by atoms with E-state index in [-0.39, 0.29) is 18.4 Å². The standard InChI is InChI=1S/C21H25N3O3/c1-27-19-10-6-8-17(14-19)22-15-20(25)23-18-9-5-7-16(13-18)21(26)24-11-3-2-4-12-24/h5-10,13-14,22H,2-4,11-12,15H2,1H3,(H,23,25). The maximum atomic E-state index is 12.6. The molecule has 0 aliphatic carbocycles. The van der Waals surface area contributed by atoms with Crippen molar-refractivity contribution < 1.29 is 14.3 Å². The highest BCUT2D eigenvalue weighted by Gasteiger charge is 2.18. The van der Waals surface area contributed by atoms with Gasteiger partial charge in [0.15, 0.2) is 0 Å². The molecule has 0 saturated carbocycles. The SMILES string of the molecule is COc1cccc(NCC(=O)Nc2cccc(C(=O)N3CCCCC3)c2)c1. The molecule has 0 unspecified atom stereocenters. The second kappa shape index (κ2) is 9.07. The van der Waals surface area contributed by atoms with Crippen LogP contribution in [0, 0.1) is 0 Å². The number of hydrogen-bond acceptors (Lipinski definition) is 4. The van der Waals surface area contributed by atoms with Crippen LogP contribution >= 0.6 is 0 Å². The first-order chi connectivity index (χ1) is 13.2. The molecule has 0 spiro atoms. The Hall–Kier alpha value is -3.02. The number of benzene rings is 2. The molecule has 1 saturated heterocycles. The lowest BCUT2D eigenvalue weighted by Gasteiger charge is -2.26. The van der Waals surface area contributed by atoms with Crippen LogP contribution in [0.4, 0.5) is 11.4 Å². The van der Waals surface area contributed by atoms with Crippen LogP contribution in [0.25, 0.3) is 0 Å². The minimum absolute atomic E-state index is 0.0281. The molecule has 27 heavy (non-hydrogen) atoms. The number of nitrogens with zero attached hydrogens (tertiary/aromatic N) is 1. The zero-order chi connectivity index (χ0) is 19.1. The number of nitrogens with one attached hydrogen (secondary N) is 2. The fourth-order valence-electron chi connectivity index (χ4n) is 3.13. The fourth-order valence-corrected chi connectivity index (χ4v) is 3.13. The largest absolute Gasteiger partial charge is 0.497 e. The molecule has 2 aromatic carbocycles. The lowest BCUT2D eigenvalue weighted by molar-refractivity contribution is -0.114. The van der Waals surface area contributed by atoms with Crippen LogP contribution in [0.2, 0.25) is 0 Å². The summed E-state index contributed by atoms with van der Waals surface area (Å²) < 4.78 is 5.17. The third-order valence-electron chi connectivity index (χ3n) is 4.56. The average Bonchev–Trinajstić information content (AvgIpc) is 2.72. The predicted octanol–water partition coefficient (Wildman–Crippen LogP) is 3.37. The van der Waals surface area contributed by atoms with Crippen LogP contribution in [0.5, 0.6) is 5.75 Å². The van der Waals surface area contributed by atoms with E-state index < -0.39 is 0 Å². The lowest BCUT2D eigenvalue weighted by atomic mass is 10.1. The van der Waals surface area contributed by atoms with Gasteiger partial charge in [0.05, 0.1) is 13.7 Å². The molecule has 0 aromatic heterocycles. The predicted molar refractivity (Wildman–Crippen MR) is 106 cm³/mol. The summed E-state index contributed by atoms with van der Waals surface area (Å²) in [5.41, 5.74) is 2.03. The maximum Gasteiger partial charge on any atom is 0.253 e. The monoisotopic (exact) mass is 367 g/mol. The number of hydrogen-bond donors (Lipinski definition) is 2. The minimum Gasteiger partial charge on any atom is -0.497 e. The average molecular weight is 367 g/mol. The Morgan fingerprint density at radius 3 is 2.52 bits per heavy atom. The van der Waals surface area contributed by atoms with Crippen molar-refractivity contribution in [3.05, 3.63) is 54.1 Å². The Labute approximate surface area is 159 Å². The number of carbonyl (C=O) groups excluding carboxylic acids is 2. The van der Waals surface area contributed by atoms with E-state index >= 15 is 0 Å². The molecule has 142 valence electrons. The van der Waals surface area contributed by atoms with Crippen molar-refractivity contribution in [2.24, 2.45) is 0 Å². The highest BCUT2D eigenvalue weighted by atomic mass is 16.5. The van der Waals surface area contributed by atoms with Gasteiger partial charge >= 0.3 is 0 Å². The van der Waals surface area contributed by atoms with Gasteiger partial charge in [-0.1, -0.05) is 12.1 Å². The van der Waals surface area contributed by atoms with Crippen molar-refractivity contribution >= 4 is 23.2 Å². The van der Waals surface area contributed by atoms with Gasteiger partial charge in [-0.2, -0.15) is 0 Å². The lowest BCUT2D eigenvalue weighted by Crippen LogP contribution is -2.35. The van der Waals surface area contributed by atoms with Gasteiger partial charge in [0, 0.05) is 36.1 Å². The topological polar surface area (TPSA) is 70.7 Å². The summed E-state index contributed by atoms with van der Waals surface area (Å²) in [7, 11) is 1.60. The van der Waals surface area contributed by atoms with Crippen molar-refractivity contribution in [2.75, 3.05) is 37.4 Å². The molecule has 2 amide bonds. The second-order valence-corrected chi connectivity index (χ2v) is 6.57. The van der Waals surface area contributed by atoms with Crippen LogP contribution < -0.4 is 15.4 Å². The van der Waals surface area contributed by atoms with Gasteiger partial charge in [-0.25, -0.2) is 0 Å². The van der Waals surface area contributed by atoms with Crippen LogP contribution in [0.3, 0.4) is 0 Å². The molecule has 0 radical (unpaired) electrons. The van der Waals surface area contributed by atoms with Crippen molar-refractivity contribution in [2.45, 2.75) is 19.3 Å². The third-order valence-corrected chi connectivity index (χ3v) is 4.56. The molecule has 0 bridgehead atoms. The maximum absolute atomic E-state index is 12.6. The highest BCUT2D eigenvalue weighted by molar-refractivity contribution is 5.98. The molecule has 2 aromatic rings. The third kappa shape index (κ3) is 5.23. The van der Waals surface area contributed by atoms with E-state index in [4.69, 9.17) is 4.74 Å². The van der Waals surface area contributed by atoms with E-state index in [1.165, 1.54) is 6.42 Å². The van der Waals surface area contributed by atoms with Crippen LogP contribution in [0.1, 0.15) is 29.6 Å². The quantitative estimate of drug-likeness (QED) is 0.821. The molecule has 0 atom stereocenters. The van der Waals surface area contributed by atoms with E-state index in [0.29, 0.717) is 11.3 Å². The Morgan fingerprint density at radius 2 is 1.74 bits per heavy atom. The molecular formula is C21H25N3O3. The first kappa shape index (κ1) is 18.8. The van der Waals surface area contributed by atoms with Crippen molar-refractivity contribution in [1.29, 1.82) is 0 Å². The summed E-state index contributed by atoms with van der Waals surface area (Å²) in [5, 5.41) is 5.90. The molecular weight excluding hydrogens is 342 g/mol. The number of amides is 2. The summed E-state index contributed by atoms with van der Waals surface area (Å²) in [4.78, 5) is 26.7. The van der Waals surface area contributed by atoms with Crippen LogP contribution in [0.15, 0.2) is 48.5 Å². The van der Waals surface area contributed by atoms with Gasteiger partial charge in [-0.15, -0.1) is 0 Å². The van der Waals surface area contributed by atoms with Gasteiger partial charge in [0.1, 0.15) is 5.75 Å². The molecule has 6 heteroatoms. The molecule has 1 aliphatic heterocycles. The van der Waals surface area contributed by atoms with E-state index in [2.05, 4.69) is 10.6 Å². The Kier molecular flexibility index (Phi) is 6.30. The molecule has 6 nitrogen and oxygen atoms in total. The molecule has 1 heterocycles. The van der Waals surface area contributed by atoms with Crippen molar-refractivity contribution in [1.82, 2.24) is 4.90 Å². The van der Waals surface area contributed by atoms with Gasteiger partial charge in [0.2, 0.25) is 5.91 Å². The Morgan fingerprint density at radius 1 is 1.00 bits per heavy atom. The summed E-state index contributed by atoms with van der Waals surface area (Å²) >= 11 is 0. The number of likely N-dealkylation sites (tertiary alicyclic amines) is 1. The summed E-state index contributed by atoms with van der Waals surface area (Å²) in [6.07, 6.45) is 3.29. The van der Waals surface area contributed by atoms with Crippen molar-refractivity contribution in [3.8, 4) is 5.75 Å². The number of methoxy groups -OCH3 is 1. The van der Waals surface area contributed by atoms with E-state index in [1.54, 1.807) is 31.4 Å². The molecule has 2 N–H and O–H groups in total. The van der Waals surface area contributed by atoms with E-state index in [0.717, 1.165) is 37.4 Å². The number of piperidine rings is 1. The second-order valence-electron chi connectivity index (χ2n) is 6.57. The van der Waals surface area contributed by atoms with Gasteiger partial charge in [0.25, 0.3) is 5.91 Å². The number of rotatable bonds is 6. The first-order valence-corrected chi connectivity index (χ1v) is 9.23. The zero-order valence-electron chi connectivity index (χ0n) is 15.5. The fraction of sp³-hybridized carbons (Fsp3) is 0.333. The number of anilines is 2. The van der Waals surface area contributed by atoms with Crippen LogP contribution in [-0.4, -0.2) is 43.5 Å². The van der Waals surface area contributed by atoms with E-state index in [1.807, 2.05) is 29.2 Å². The summed E-state index contributed by atoms with van der Waals surface area (Å²) in [6.45, 7) is 1.73. The van der Waals surface area contributed by atoms with Gasteiger partial charge in [-0.3, -0.25) is 9.59 Å². The normalized spacial score (nSPS) is 13.7. The number of carbonyl (C=O) groups is 2. The summed E-state index contributed by atoms with van der Waals surface area (Å²) in [6, 6.07) is 14.5. The van der Waals surface area contributed by atoms with Crippen LogP contribution in [-0.2, 0) is 4.79 Å². The Balaban J connectivity index is 1.56. The highest BCUT2D eigenvalue weighted by Crippen LogP contribution is 2.18. The molecule has 1 aliphatic rings. The van der Waals surface area contributed by atoms with Gasteiger partial charge < -0.3 is 20.3 Å². The van der Waals surface area contributed by atoms with Crippen molar-refractivity contribution in [3.63, 3.8) is 0 Å².